The maximum atomic E-state index is 5.88. The van der Waals surface area contributed by atoms with Gasteiger partial charge in [0, 0.05) is 13.1 Å². The number of halogens is 1. The molecule has 1 atom stereocenters. The summed E-state index contributed by atoms with van der Waals surface area (Å²) in [6.45, 7) is 6.94. The van der Waals surface area contributed by atoms with E-state index in [0.29, 0.717) is 4.99 Å². The molecule has 0 bridgehead atoms. The average Bonchev–Trinajstić information content (AvgIpc) is 2.67. The van der Waals surface area contributed by atoms with E-state index < -0.39 is 0 Å². The topological polar surface area (TPSA) is 47.1 Å². The lowest BCUT2D eigenvalue weighted by Crippen LogP contribution is -2.46. The van der Waals surface area contributed by atoms with Gasteiger partial charge in [0.25, 0.3) is 0 Å². The fourth-order valence-electron chi connectivity index (χ4n) is 2.71. The molecule has 1 aliphatic heterocycles. The molecule has 2 rings (SSSR count). The molecule has 1 fully saturated rings. The van der Waals surface area contributed by atoms with Crippen molar-refractivity contribution >= 4 is 33.1 Å². The summed E-state index contributed by atoms with van der Waals surface area (Å²) in [6.07, 6.45) is 3.51. The van der Waals surface area contributed by atoms with Gasteiger partial charge >= 0.3 is 0 Å². The number of aryl methyl sites for hydroxylation is 2. The number of thiocarbonyl (C=S) groups is 1. The van der Waals surface area contributed by atoms with Crippen LogP contribution in [-0.2, 0) is 13.1 Å². The van der Waals surface area contributed by atoms with Crippen LogP contribution < -0.4 is 5.73 Å². The highest BCUT2D eigenvalue weighted by molar-refractivity contribution is 9.10. The Kier molecular flexibility index (Phi) is 4.97. The van der Waals surface area contributed by atoms with Crippen molar-refractivity contribution in [3.05, 3.63) is 15.9 Å². The molecular weight excluding hydrogens is 324 g/mol. The Bertz CT molecular complexity index is 471. The van der Waals surface area contributed by atoms with Gasteiger partial charge in [-0.25, -0.2) is 0 Å². The molecule has 0 saturated carbocycles. The van der Waals surface area contributed by atoms with Crippen molar-refractivity contribution in [1.82, 2.24) is 14.7 Å². The predicted molar refractivity (Wildman–Crippen MR) is 85.2 cm³/mol. The third-order valence-corrected chi connectivity index (χ3v) is 5.05. The maximum absolute atomic E-state index is 5.88. The van der Waals surface area contributed by atoms with Crippen LogP contribution in [0.25, 0.3) is 0 Å². The molecule has 0 aliphatic carbocycles. The third-order valence-electron chi connectivity index (χ3n) is 3.75. The summed E-state index contributed by atoms with van der Waals surface area (Å²) in [5.74, 6) is 0. The molecule has 6 heteroatoms. The van der Waals surface area contributed by atoms with Crippen molar-refractivity contribution in [1.29, 1.82) is 0 Å². The second-order valence-electron chi connectivity index (χ2n) is 5.05. The van der Waals surface area contributed by atoms with Gasteiger partial charge < -0.3 is 5.73 Å². The molecule has 1 aliphatic rings. The zero-order valence-corrected chi connectivity index (χ0v) is 13.9. The Morgan fingerprint density at radius 3 is 2.89 bits per heavy atom. The molecule has 1 unspecified atom stereocenters. The largest absolute Gasteiger partial charge is 0.392 e. The van der Waals surface area contributed by atoms with E-state index in [4.69, 9.17) is 18.0 Å². The first-order chi connectivity index (χ1) is 9.04. The standard InChI is InChI=1S/C13H21BrN4S/c1-3-18-11(12(14)9(2)16-18)8-17-7-5-4-6-10(17)13(15)19/h10H,3-8H2,1-2H3,(H2,15,19). The van der Waals surface area contributed by atoms with Crippen LogP contribution in [0.2, 0.25) is 0 Å². The Hall–Kier alpha value is -0.460. The zero-order valence-electron chi connectivity index (χ0n) is 11.5. The SMILES string of the molecule is CCn1nc(C)c(Br)c1CN1CCCCC1C(N)=S. The van der Waals surface area contributed by atoms with Crippen molar-refractivity contribution in [2.24, 2.45) is 5.73 Å². The smallest absolute Gasteiger partial charge is 0.0902 e. The van der Waals surface area contributed by atoms with E-state index in [1.807, 2.05) is 6.92 Å². The van der Waals surface area contributed by atoms with Crippen molar-refractivity contribution in [3.63, 3.8) is 0 Å². The maximum Gasteiger partial charge on any atom is 0.0902 e. The van der Waals surface area contributed by atoms with Gasteiger partial charge in [-0.15, -0.1) is 0 Å². The molecule has 1 aromatic heterocycles. The van der Waals surface area contributed by atoms with Crippen molar-refractivity contribution < 1.29 is 0 Å². The molecule has 19 heavy (non-hydrogen) atoms. The van der Waals surface area contributed by atoms with Gasteiger partial charge in [-0.2, -0.15) is 5.10 Å². The van der Waals surface area contributed by atoms with Crippen molar-refractivity contribution in [2.45, 2.75) is 52.2 Å². The number of nitrogens with two attached hydrogens (primary N) is 1. The van der Waals surface area contributed by atoms with Crippen LogP contribution in [0.3, 0.4) is 0 Å². The van der Waals surface area contributed by atoms with Gasteiger partial charge in [-0.1, -0.05) is 18.6 Å². The Balaban J connectivity index is 2.21. The number of aromatic nitrogens is 2. The zero-order chi connectivity index (χ0) is 14.0. The van der Waals surface area contributed by atoms with Crippen LogP contribution in [0.4, 0.5) is 0 Å². The van der Waals surface area contributed by atoms with Crippen LogP contribution in [0.5, 0.6) is 0 Å². The Morgan fingerprint density at radius 2 is 2.26 bits per heavy atom. The van der Waals surface area contributed by atoms with Crippen LogP contribution >= 0.6 is 28.1 Å². The lowest BCUT2D eigenvalue weighted by atomic mass is 10.0. The first-order valence-corrected chi connectivity index (χ1v) is 7.99. The summed E-state index contributed by atoms with van der Waals surface area (Å²) in [5, 5.41) is 4.54. The van der Waals surface area contributed by atoms with E-state index >= 15 is 0 Å². The van der Waals surface area contributed by atoms with Crippen molar-refractivity contribution in [2.75, 3.05) is 6.54 Å². The number of nitrogens with zero attached hydrogens (tertiary/aromatic N) is 3. The van der Waals surface area contributed by atoms with E-state index in [2.05, 4.69) is 37.5 Å². The highest BCUT2D eigenvalue weighted by Crippen LogP contribution is 2.26. The quantitative estimate of drug-likeness (QED) is 0.853. The first-order valence-electron chi connectivity index (χ1n) is 6.79. The van der Waals surface area contributed by atoms with E-state index in [1.54, 1.807) is 0 Å². The summed E-state index contributed by atoms with van der Waals surface area (Å²) in [4.78, 5) is 3.01. The molecule has 1 saturated heterocycles. The molecule has 0 radical (unpaired) electrons. The van der Waals surface area contributed by atoms with Crippen LogP contribution in [0.1, 0.15) is 37.6 Å². The summed E-state index contributed by atoms with van der Waals surface area (Å²) in [6, 6.07) is 0.233. The highest BCUT2D eigenvalue weighted by Gasteiger charge is 2.26. The lowest BCUT2D eigenvalue weighted by molar-refractivity contribution is 0.179. The molecular formula is C13H21BrN4S. The van der Waals surface area contributed by atoms with Crippen LogP contribution in [0, 0.1) is 6.92 Å². The third kappa shape index (κ3) is 3.17. The lowest BCUT2D eigenvalue weighted by Gasteiger charge is -2.35. The molecule has 0 spiro atoms. The normalized spacial score (nSPS) is 20.7. The van der Waals surface area contributed by atoms with Crippen LogP contribution in [0.15, 0.2) is 4.47 Å². The summed E-state index contributed by atoms with van der Waals surface area (Å²) < 4.78 is 3.17. The first kappa shape index (κ1) is 14.9. The van der Waals surface area contributed by atoms with Gasteiger partial charge in [0.15, 0.2) is 0 Å². The Morgan fingerprint density at radius 1 is 1.53 bits per heavy atom. The molecule has 2 heterocycles. The number of piperidine rings is 1. The minimum atomic E-state index is 0.233. The highest BCUT2D eigenvalue weighted by atomic mass is 79.9. The second-order valence-corrected chi connectivity index (χ2v) is 6.31. The average molecular weight is 345 g/mol. The van der Waals surface area contributed by atoms with Gasteiger partial charge in [0.05, 0.1) is 26.9 Å². The number of hydrogen-bond donors (Lipinski definition) is 1. The number of hydrogen-bond acceptors (Lipinski definition) is 3. The summed E-state index contributed by atoms with van der Waals surface area (Å²) in [7, 11) is 0. The number of rotatable bonds is 4. The monoisotopic (exact) mass is 344 g/mol. The summed E-state index contributed by atoms with van der Waals surface area (Å²) >= 11 is 8.86. The van der Waals surface area contributed by atoms with Crippen molar-refractivity contribution in [3.8, 4) is 0 Å². The van der Waals surface area contributed by atoms with E-state index in [9.17, 15) is 0 Å². The van der Waals surface area contributed by atoms with Gasteiger partial charge in [-0.05, 0) is 49.2 Å². The summed E-state index contributed by atoms with van der Waals surface area (Å²) in [5.41, 5.74) is 8.15. The van der Waals surface area contributed by atoms with Gasteiger partial charge in [0.1, 0.15) is 0 Å². The van der Waals surface area contributed by atoms with Crippen LogP contribution in [-0.4, -0.2) is 32.3 Å². The minimum Gasteiger partial charge on any atom is -0.392 e. The number of likely N-dealkylation sites (tertiary alicyclic amines) is 1. The minimum absolute atomic E-state index is 0.233. The molecule has 1 aromatic rings. The predicted octanol–water partition coefficient (Wildman–Crippen LogP) is 2.61. The van der Waals surface area contributed by atoms with Gasteiger partial charge in [0.2, 0.25) is 0 Å². The fourth-order valence-corrected chi connectivity index (χ4v) is 3.39. The second kappa shape index (κ2) is 6.33. The van der Waals surface area contributed by atoms with E-state index in [1.165, 1.54) is 18.5 Å². The molecule has 2 N–H and O–H groups in total. The molecule has 106 valence electrons. The molecule has 0 aromatic carbocycles. The molecule has 4 nitrogen and oxygen atoms in total. The van der Waals surface area contributed by atoms with E-state index in [0.717, 1.165) is 36.2 Å². The van der Waals surface area contributed by atoms with E-state index in [-0.39, 0.29) is 6.04 Å². The van der Waals surface area contributed by atoms with Gasteiger partial charge in [-0.3, -0.25) is 9.58 Å². The molecule has 0 amide bonds. The fraction of sp³-hybridized carbons (Fsp3) is 0.692. The Labute approximate surface area is 128 Å².